The van der Waals surface area contributed by atoms with Crippen molar-refractivity contribution in [3.8, 4) is 0 Å². The van der Waals surface area contributed by atoms with Crippen LogP contribution in [0.1, 0.15) is 10.4 Å². The minimum atomic E-state index is -1.13. The summed E-state index contributed by atoms with van der Waals surface area (Å²) in [6.45, 7) is 1.11. The van der Waals surface area contributed by atoms with Gasteiger partial charge in [-0.2, -0.15) is 0 Å². The summed E-state index contributed by atoms with van der Waals surface area (Å²) in [7, 11) is 6.16. The summed E-state index contributed by atoms with van der Waals surface area (Å²) >= 11 is 0. The number of carboxylic acid groups (broad SMARTS) is 1. The fourth-order valence-corrected chi connectivity index (χ4v) is 0.874. The van der Waals surface area contributed by atoms with E-state index in [1.165, 1.54) is 12.1 Å². The Morgan fingerprint density at radius 3 is 1.88 bits per heavy atom. The van der Waals surface area contributed by atoms with E-state index in [1.807, 2.05) is 0 Å². The van der Waals surface area contributed by atoms with E-state index in [-0.39, 0.29) is 24.6 Å². The van der Waals surface area contributed by atoms with Gasteiger partial charge in [-0.05, 0) is 5.56 Å². The molecule has 0 saturated carbocycles. The van der Waals surface area contributed by atoms with Gasteiger partial charge < -0.3 is 19.5 Å². The van der Waals surface area contributed by atoms with E-state index in [0.717, 1.165) is 11.0 Å². The Kier molecular flexibility index (Phi) is 9.66. The Balaban J connectivity index is 0. The molecule has 0 amide bonds. The fourth-order valence-electron chi connectivity index (χ4n) is 0.874. The Labute approximate surface area is 108 Å². The van der Waals surface area contributed by atoms with Gasteiger partial charge in [-0.25, -0.2) is 0 Å². The molecular weight excluding hydrogens is 242 g/mol. The standard InChI is InChI=1S/C7H6O2.C5H14NO.ClH/c8-7(9)6-4-2-1-3-5-6;1-6(2,3)4-5-7;/h1-5H,(H,8,9);7H,4-5H2,1-3H3;1H/q;+1;/p-1. The largest absolute Gasteiger partial charge is 0.545 e. The zero-order valence-electron chi connectivity index (χ0n) is 10.4. The molecule has 98 valence electrons. The third-order valence-electron chi connectivity index (χ3n) is 1.78. The molecule has 0 radical (unpaired) electrons. The van der Waals surface area contributed by atoms with Crippen LogP contribution in [-0.4, -0.2) is 49.9 Å². The number of likely N-dealkylation sites (N-methyl/N-ethyl adjacent to an activating group) is 1. The highest BCUT2D eigenvalue weighted by molar-refractivity contribution is 5.85. The number of rotatable bonds is 3. The van der Waals surface area contributed by atoms with Gasteiger partial charge in [0.15, 0.2) is 0 Å². The van der Waals surface area contributed by atoms with E-state index in [9.17, 15) is 9.90 Å². The number of carbonyl (C=O) groups is 1. The first-order valence-electron chi connectivity index (χ1n) is 5.04. The van der Waals surface area contributed by atoms with E-state index in [0.29, 0.717) is 0 Å². The monoisotopic (exact) mass is 261 g/mol. The van der Waals surface area contributed by atoms with Crippen molar-refractivity contribution < 1.29 is 19.5 Å². The summed E-state index contributed by atoms with van der Waals surface area (Å²) in [4.78, 5) is 10.1. The molecule has 5 heteroatoms. The number of hydrogen-bond acceptors (Lipinski definition) is 3. The number of hydrogen-bond donors (Lipinski definition) is 1. The van der Waals surface area contributed by atoms with E-state index < -0.39 is 5.97 Å². The number of carboxylic acids is 1. The molecule has 0 spiro atoms. The Hall–Kier alpha value is -1.10. The van der Waals surface area contributed by atoms with Crippen LogP contribution < -0.4 is 5.11 Å². The van der Waals surface area contributed by atoms with Gasteiger partial charge in [0.25, 0.3) is 0 Å². The highest BCUT2D eigenvalue weighted by atomic mass is 35.5. The average molecular weight is 262 g/mol. The van der Waals surface area contributed by atoms with E-state index in [1.54, 1.807) is 18.2 Å². The number of halogens is 1. The van der Waals surface area contributed by atoms with Crippen molar-refractivity contribution in [3.63, 3.8) is 0 Å². The fraction of sp³-hybridized carbons (Fsp3) is 0.417. The molecule has 0 unspecified atom stereocenters. The molecule has 0 aromatic heterocycles. The number of benzene rings is 1. The molecule has 1 aromatic carbocycles. The molecule has 0 bridgehead atoms. The van der Waals surface area contributed by atoms with Crippen molar-refractivity contribution in [2.75, 3.05) is 34.3 Å². The first-order chi connectivity index (χ1) is 7.37. The van der Waals surface area contributed by atoms with Gasteiger partial charge >= 0.3 is 0 Å². The molecule has 0 saturated heterocycles. The Morgan fingerprint density at radius 1 is 1.24 bits per heavy atom. The van der Waals surface area contributed by atoms with Crippen LogP contribution in [-0.2, 0) is 0 Å². The summed E-state index contributed by atoms with van der Waals surface area (Å²) in [6, 6.07) is 8.06. The topological polar surface area (TPSA) is 60.4 Å². The Bertz CT molecular complexity index is 309. The molecule has 17 heavy (non-hydrogen) atoms. The van der Waals surface area contributed by atoms with Crippen molar-refractivity contribution >= 4 is 18.4 Å². The zero-order chi connectivity index (χ0) is 12.6. The maximum atomic E-state index is 10.1. The number of carbonyl (C=O) groups excluding carboxylic acids is 1. The number of nitrogens with zero attached hydrogens (tertiary/aromatic N) is 1. The van der Waals surface area contributed by atoms with E-state index >= 15 is 0 Å². The third kappa shape index (κ3) is 11.2. The SMILES string of the molecule is C[N+](C)(C)CCO.Cl.O=C([O-])c1ccccc1. The van der Waals surface area contributed by atoms with Crippen molar-refractivity contribution in [1.29, 1.82) is 0 Å². The van der Waals surface area contributed by atoms with Crippen molar-refractivity contribution in [2.45, 2.75) is 0 Å². The van der Waals surface area contributed by atoms with Crippen LogP contribution in [0.25, 0.3) is 0 Å². The summed E-state index contributed by atoms with van der Waals surface area (Å²) in [5, 5.41) is 18.5. The molecular formula is C12H20ClNO3. The van der Waals surface area contributed by atoms with Gasteiger partial charge in [-0.1, -0.05) is 30.3 Å². The minimum absolute atomic E-state index is 0. The lowest BCUT2D eigenvalue weighted by Gasteiger charge is -2.21. The maximum Gasteiger partial charge on any atom is 0.101 e. The van der Waals surface area contributed by atoms with Gasteiger partial charge in [-0.15, -0.1) is 12.4 Å². The average Bonchev–Trinajstić information content (AvgIpc) is 2.18. The van der Waals surface area contributed by atoms with Crippen LogP contribution in [0, 0.1) is 0 Å². The van der Waals surface area contributed by atoms with Crippen molar-refractivity contribution in [1.82, 2.24) is 0 Å². The summed E-state index contributed by atoms with van der Waals surface area (Å²) in [5.74, 6) is -1.13. The number of aliphatic hydroxyl groups is 1. The quantitative estimate of drug-likeness (QED) is 0.789. The molecule has 4 nitrogen and oxygen atoms in total. The third-order valence-corrected chi connectivity index (χ3v) is 1.78. The summed E-state index contributed by atoms with van der Waals surface area (Å²) < 4.78 is 0.844. The normalized spacial score (nSPS) is 9.65. The highest BCUT2D eigenvalue weighted by Crippen LogP contribution is 1.94. The van der Waals surface area contributed by atoms with Gasteiger partial charge in [0, 0.05) is 0 Å². The lowest BCUT2D eigenvalue weighted by molar-refractivity contribution is -0.870. The minimum Gasteiger partial charge on any atom is -0.545 e. The second-order valence-electron chi connectivity index (χ2n) is 4.39. The first-order valence-corrected chi connectivity index (χ1v) is 5.04. The van der Waals surface area contributed by atoms with Crippen LogP contribution in [0.2, 0.25) is 0 Å². The Morgan fingerprint density at radius 2 is 1.71 bits per heavy atom. The first kappa shape index (κ1) is 18.3. The molecule has 0 heterocycles. The predicted octanol–water partition coefficient (Wildman–Crippen LogP) is 0.157. The molecule has 0 aliphatic heterocycles. The molecule has 0 aliphatic carbocycles. The van der Waals surface area contributed by atoms with Gasteiger partial charge in [0.1, 0.15) is 6.54 Å². The van der Waals surface area contributed by atoms with Crippen LogP contribution >= 0.6 is 12.4 Å². The van der Waals surface area contributed by atoms with Gasteiger partial charge in [0.2, 0.25) is 0 Å². The molecule has 1 rings (SSSR count). The zero-order valence-corrected chi connectivity index (χ0v) is 11.2. The van der Waals surface area contributed by atoms with Crippen LogP contribution in [0.5, 0.6) is 0 Å². The van der Waals surface area contributed by atoms with Crippen LogP contribution in [0.3, 0.4) is 0 Å². The smallest absolute Gasteiger partial charge is 0.101 e. The molecule has 1 aromatic rings. The number of aliphatic hydroxyl groups excluding tert-OH is 1. The van der Waals surface area contributed by atoms with Crippen LogP contribution in [0.4, 0.5) is 0 Å². The number of quaternary nitrogens is 1. The highest BCUT2D eigenvalue weighted by Gasteiger charge is 2.02. The predicted molar refractivity (Wildman–Crippen MR) is 68.0 cm³/mol. The second kappa shape index (κ2) is 8.98. The second-order valence-corrected chi connectivity index (χ2v) is 4.39. The molecule has 0 aliphatic rings. The maximum absolute atomic E-state index is 10.1. The molecule has 0 atom stereocenters. The van der Waals surface area contributed by atoms with Gasteiger partial charge in [-0.3, -0.25) is 0 Å². The molecule has 1 N–H and O–H groups in total. The molecule has 0 fully saturated rings. The van der Waals surface area contributed by atoms with Gasteiger partial charge in [0.05, 0.1) is 33.7 Å². The van der Waals surface area contributed by atoms with Crippen LogP contribution in [0.15, 0.2) is 30.3 Å². The lowest BCUT2D eigenvalue weighted by Crippen LogP contribution is -2.36. The lowest BCUT2D eigenvalue weighted by atomic mass is 10.2. The summed E-state index contributed by atoms with van der Waals surface area (Å²) in [6.07, 6.45) is 0. The van der Waals surface area contributed by atoms with Crippen molar-refractivity contribution in [2.24, 2.45) is 0 Å². The van der Waals surface area contributed by atoms with E-state index in [4.69, 9.17) is 5.11 Å². The van der Waals surface area contributed by atoms with Crippen molar-refractivity contribution in [3.05, 3.63) is 35.9 Å². The summed E-state index contributed by atoms with van der Waals surface area (Å²) in [5.41, 5.74) is 0.220. The number of aromatic carboxylic acids is 1. The van der Waals surface area contributed by atoms with E-state index in [2.05, 4.69) is 21.1 Å².